The van der Waals surface area contributed by atoms with Gasteiger partial charge in [-0.05, 0) is 134 Å². The summed E-state index contributed by atoms with van der Waals surface area (Å²) in [6.07, 6.45) is 17.3. The van der Waals surface area contributed by atoms with Gasteiger partial charge in [0.1, 0.15) is 11.5 Å². The fourth-order valence-electron chi connectivity index (χ4n) is 6.02. The zero-order chi connectivity index (χ0) is 28.1. The van der Waals surface area contributed by atoms with Gasteiger partial charge < -0.3 is 19.3 Å². The number of nitrogens with zero attached hydrogens (tertiary/aromatic N) is 2. The molecule has 0 radical (unpaired) electrons. The Morgan fingerprint density at radius 3 is 1.77 bits per heavy atom. The van der Waals surface area contributed by atoms with Gasteiger partial charge in [0.25, 0.3) is 0 Å². The first-order chi connectivity index (χ1) is 19.7. The molecule has 0 aliphatic carbocycles. The molecule has 2 aliphatic rings. The molecule has 2 aromatic rings. The summed E-state index contributed by atoms with van der Waals surface area (Å²) in [5, 5.41) is 0. The van der Waals surface area contributed by atoms with Crippen molar-refractivity contribution in [1.29, 1.82) is 0 Å². The van der Waals surface area contributed by atoms with Gasteiger partial charge in [0.05, 0.1) is 13.2 Å². The molecule has 4 nitrogen and oxygen atoms in total. The van der Waals surface area contributed by atoms with Crippen LogP contribution in [0.2, 0.25) is 0 Å². The molecular weight excluding hydrogens is 492 g/mol. The molecule has 2 aromatic carbocycles. The molecule has 2 saturated heterocycles. The minimum atomic E-state index is 0.800. The van der Waals surface area contributed by atoms with E-state index in [1.165, 1.54) is 110 Å². The van der Waals surface area contributed by atoms with Crippen LogP contribution in [0, 0.1) is 5.92 Å². The molecule has 0 aromatic heterocycles. The van der Waals surface area contributed by atoms with Crippen molar-refractivity contribution in [2.75, 3.05) is 45.9 Å². The predicted octanol–water partition coefficient (Wildman–Crippen LogP) is 8.86. The topological polar surface area (TPSA) is 24.9 Å². The monoisotopic (exact) mass is 550 g/mol. The normalized spacial score (nSPS) is 18.6. The van der Waals surface area contributed by atoms with Crippen molar-refractivity contribution < 1.29 is 9.47 Å². The maximum atomic E-state index is 5.73. The smallest absolute Gasteiger partial charge is 0.119 e. The summed E-state index contributed by atoms with van der Waals surface area (Å²) in [6, 6.07) is 21.0. The van der Waals surface area contributed by atoms with E-state index in [0.717, 1.165) is 43.1 Å². The molecule has 1 atom stereocenters. The molecule has 0 saturated carbocycles. The lowest BCUT2D eigenvalue weighted by molar-refractivity contribution is 0.156. The summed E-state index contributed by atoms with van der Waals surface area (Å²) >= 11 is 0. The molecule has 0 N–H and O–H groups in total. The van der Waals surface area contributed by atoms with E-state index in [2.05, 4.69) is 23.6 Å². The Morgan fingerprint density at radius 1 is 0.650 bits per heavy atom. The summed E-state index contributed by atoms with van der Waals surface area (Å²) in [6.45, 7) is 12.9. The number of hydrogen-bond acceptors (Lipinski definition) is 4. The highest BCUT2D eigenvalue weighted by Crippen LogP contribution is 2.22. The van der Waals surface area contributed by atoms with E-state index < -0.39 is 0 Å². The molecule has 4 rings (SSSR count). The fourth-order valence-corrected chi connectivity index (χ4v) is 6.02. The van der Waals surface area contributed by atoms with Gasteiger partial charge in [-0.15, -0.1) is 0 Å². The van der Waals surface area contributed by atoms with Crippen molar-refractivity contribution in [2.45, 2.75) is 103 Å². The maximum absolute atomic E-state index is 5.73. The summed E-state index contributed by atoms with van der Waals surface area (Å²) in [5.41, 5.74) is 0. The third-order valence-electron chi connectivity index (χ3n) is 8.58. The number of benzene rings is 2. The van der Waals surface area contributed by atoms with Crippen LogP contribution >= 0.6 is 0 Å². The third kappa shape index (κ3) is 14.0. The van der Waals surface area contributed by atoms with E-state index in [0.29, 0.717) is 0 Å². The second-order valence-electron chi connectivity index (χ2n) is 11.9. The number of para-hydroxylation sites is 2. The molecule has 0 amide bonds. The fraction of sp³-hybridized carbons (Fsp3) is 0.667. The molecule has 0 spiro atoms. The van der Waals surface area contributed by atoms with Crippen molar-refractivity contribution in [3.63, 3.8) is 0 Å². The van der Waals surface area contributed by atoms with Gasteiger partial charge >= 0.3 is 0 Å². The van der Waals surface area contributed by atoms with Crippen LogP contribution in [0.1, 0.15) is 97.3 Å². The average Bonchev–Trinajstić information content (AvgIpc) is 3.00. The molecular formula is C36H58N2O2. The SMILES string of the molecule is CC1CCCCN1CCCCCOc1ccccc1.CCCC1CCN(CCCCCOc2ccccc2)CC1. The lowest BCUT2D eigenvalue weighted by Crippen LogP contribution is -2.37. The highest BCUT2D eigenvalue weighted by atomic mass is 16.5. The first kappa shape index (κ1) is 32.5. The number of rotatable bonds is 16. The van der Waals surface area contributed by atoms with Crippen molar-refractivity contribution in [2.24, 2.45) is 5.92 Å². The van der Waals surface area contributed by atoms with Crippen molar-refractivity contribution in [3.8, 4) is 11.5 Å². The molecule has 224 valence electrons. The largest absolute Gasteiger partial charge is 0.494 e. The second kappa shape index (κ2) is 20.8. The van der Waals surface area contributed by atoms with E-state index in [1.54, 1.807) is 0 Å². The van der Waals surface area contributed by atoms with Crippen LogP contribution < -0.4 is 9.47 Å². The molecule has 4 heteroatoms. The number of likely N-dealkylation sites (tertiary alicyclic amines) is 2. The molecule has 2 fully saturated rings. The maximum Gasteiger partial charge on any atom is 0.119 e. The van der Waals surface area contributed by atoms with Gasteiger partial charge in [0.2, 0.25) is 0 Å². The first-order valence-corrected chi connectivity index (χ1v) is 16.6. The zero-order valence-corrected chi connectivity index (χ0v) is 25.8. The van der Waals surface area contributed by atoms with Crippen molar-refractivity contribution in [3.05, 3.63) is 60.7 Å². The van der Waals surface area contributed by atoms with E-state index >= 15 is 0 Å². The Kier molecular flexibility index (Phi) is 16.9. The van der Waals surface area contributed by atoms with Gasteiger partial charge in [-0.2, -0.15) is 0 Å². The Morgan fingerprint density at radius 2 is 1.23 bits per heavy atom. The highest BCUT2D eigenvalue weighted by Gasteiger charge is 2.18. The standard InChI is InChI=1S/C19H31NO.C17H27NO/c1-2-9-18-12-15-20(16-13-18)14-7-4-8-17-21-19-10-5-3-6-11-19;1-16-10-6-8-14-18(16)13-7-3-9-15-19-17-11-4-2-5-12-17/h3,5-6,10-11,18H,2,4,7-9,12-17H2,1H3;2,4-5,11-12,16H,3,6-10,13-15H2,1H3. The predicted molar refractivity (Wildman–Crippen MR) is 171 cm³/mol. The van der Waals surface area contributed by atoms with Crippen LogP contribution in [0.4, 0.5) is 0 Å². The van der Waals surface area contributed by atoms with E-state index in [9.17, 15) is 0 Å². The molecule has 2 heterocycles. The van der Waals surface area contributed by atoms with E-state index in [4.69, 9.17) is 9.47 Å². The minimum Gasteiger partial charge on any atom is -0.494 e. The Labute approximate surface area is 246 Å². The van der Waals surface area contributed by atoms with Crippen LogP contribution in [-0.4, -0.2) is 61.8 Å². The van der Waals surface area contributed by atoms with Crippen molar-refractivity contribution in [1.82, 2.24) is 9.80 Å². The molecule has 40 heavy (non-hydrogen) atoms. The summed E-state index contributed by atoms with van der Waals surface area (Å²) in [4.78, 5) is 5.31. The molecule has 1 unspecified atom stereocenters. The Hall–Kier alpha value is -2.04. The Balaban J connectivity index is 0.000000222. The van der Waals surface area contributed by atoms with Gasteiger partial charge in [-0.25, -0.2) is 0 Å². The van der Waals surface area contributed by atoms with Crippen LogP contribution in [0.3, 0.4) is 0 Å². The average molecular weight is 551 g/mol. The molecule has 2 aliphatic heterocycles. The summed E-state index contributed by atoms with van der Waals surface area (Å²) in [7, 11) is 0. The van der Waals surface area contributed by atoms with Crippen LogP contribution in [0.25, 0.3) is 0 Å². The minimum absolute atomic E-state index is 0.800. The van der Waals surface area contributed by atoms with Gasteiger partial charge in [0, 0.05) is 6.04 Å². The van der Waals surface area contributed by atoms with Gasteiger partial charge in [0.15, 0.2) is 0 Å². The third-order valence-corrected chi connectivity index (χ3v) is 8.58. The number of hydrogen-bond donors (Lipinski definition) is 0. The quantitative estimate of drug-likeness (QED) is 0.195. The number of ether oxygens (including phenoxy) is 2. The van der Waals surface area contributed by atoms with Crippen LogP contribution in [0.5, 0.6) is 11.5 Å². The lowest BCUT2D eigenvalue weighted by atomic mass is 9.92. The number of piperidine rings is 2. The Bertz CT molecular complexity index is 838. The number of unbranched alkanes of at least 4 members (excludes halogenated alkanes) is 4. The van der Waals surface area contributed by atoms with E-state index in [1.807, 2.05) is 60.7 Å². The first-order valence-electron chi connectivity index (χ1n) is 16.6. The summed E-state index contributed by atoms with van der Waals surface area (Å²) in [5.74, 6) is 2.99. The van der Waals surface area contributed by atoms with Crippen LogP contribution in [-0.2, 0) is 0 Å². The molecule has 0 bridgehead atoms. The van der Waals surface area contributed by atoms with Crippen LogP contribution in [0.15, 0.2) is 60.7 Å². The van der Waals surface area contributed by atoms with E-state index in [-0.39, 0.29) is 0 Å². The van der Waals surface area contributed by atoms with Gasteiger partial charge in [-0.3, -0.25) is 0 Å². The van der Waals surface area contributed by atoms with Crippen molar-refractivity contribution >= 4 is 0 Å². The van der Waals surface area contributed by atoms with Gasteiger partial charge in [-0.1, -0.05) is 62.6 Å². The lowest BCUT2D eigenvalue weighted by Gasteiger charge is -2.33. The second-order valence-corrected chi connectivity index (χ2v) is 11.9. The highest BCUT2D eigenvalue weighted by molar-refractivity contribution is 5.21. The summed E-state index contributed by atoms with van der Waals surface area (Å²) < 4.78 is 11.4. The zero-order valence-electron chi connectivity index (χ0n) is 25.8.